The van der Waals surface area contributed by atoms with Crippen molar-refractivity contribution in [1.82, 2.24) is 14.4 Å². The summed E-state index contributed by atoms with van der Waals surface area (Å²) in [5.41, 5.74) is 1.23. The zero-order valence-corrected chi connectivity index (χ0v) is 8.13. The van der Waals surface area contributed by atoms with E-state index in [2.05, 4.69) is 9.97 Å². The molecule has 0 fully saturated rings. The summed E-state index contributed by atoms with van der Waals surface area (Å²) in [5.74, 6) is -0.902. The van der Waals surface area contributed by atoms with E-state index in [-0.39, 0.29) is 0 Å². The van der Waals surface area contributed by atoms with Crippen molar-refractivity contribution in [2.75, 3.05) is 0 Å². The lowest BCUT2D eigenvalue weighted by molar-refractivity contribution is -0.145. The topological polar surface area (TPSA) is 30.2 Å². The molecule has 2 rings (SSSR count). The van der Waals surface area contributed by atoms with E-state index in [1.54, 1.807) is 6.92 Å². The predicted molar refractivity (Wildman–Crippen MR) is 47.5 cm³/mol. The van der Waals surface area contributed by atoms with Crippen molar-refractivity contribution < 1.29 is 13.2 Å². The Kier molecular flexibility index (Phi) is 1.95. The van der Waals surface area contributed by atoms with Crippen molar-refractivity contribution in [2.45, 2.75) is 20.0 Å². The highest BCUT2D eigenvalue weighted by atomic mass is 19.4. The number of aryl methyl sites for hydroxylation is 2. The number of imidazole rings is 1. The minimum Gasteiger partial charge on any atom is -0.293 e. The first-order valence-corrected chi connectivity index (χ1v) is 4.28. The van der Waals surface area contributed by atoms with Gasteiger partial charge in [0.25, 0.3) is 0 Å². The van der Waals surface area contributed by atoms with Gasteiger partial charge in [0.1, 0.15) is 0 Å². The highest BCUT2D eigenvalue weighted by Crippen LogP contribution is 2.29. The molecular weight excluding hydrogens is 207 g/mol. The van der Waals surface area contributed by atoms with Crippen LogP contribution in [0.2, 0.25) is 0 Å². The van der Waals surface area contributed by atoms with Gasteiger partial charge in [0.05, 0.1) is 23.1 Å². The molecule has 0 aromatic carbocycles. The molecule has 0 radical (unpaired) electrons. The van der Waals surface area contributed by atoms with Crippen molar-refractivity contribution >= 4 is 5.52 Å². The molecule has 0 amide bonds. The van der Waals surface area contributed by atoms with Gasteiger partial charge in [-0.05, 0) is 13.8 Å². The molecule has 6 heteroatoms. The van der Waals surface area contributed by atoms with Crippen molar-refractivity contribution in [3.8, 4) is 0 Å². The average molecular weight is 215 g/mol. The molecule has 2 aromatic heterocycles. The molecule has 2 heterocycles. The van der Waals surface area contributed by atoms with Gasteiger partial charge in [-0.25, -0.2) is 4.98 Å². The van der Waals surface area contributed by atoms with E-state index >= 15 is 0 Å². The average Bonchev–Trinajstić information content (AvgIpc) is 2.42. The van der Waals surface area contributed by atoms with Crippen LogP contribution in [0, 0.1) is 13.8 Å². The zero-order chi connectivity index (χ0) is 11.2. The first-order chi connectivity index (χ1) is 6.89. The smallest absolute Gasteiger partial charge is 0.293 e. The molecule has 80 valence electrons. The molecule has 0 aliphatic heterocycles. The summed E-state index contributed by atoms with van der Waals surface area (Å²) >= 11 is 0. The summed E-state index contributed by atoms with van der Waals surface area (Å²) in [6, 6.07) is 0. The summed E-state index contributed by atoms with van der Waals surface area (Å²) in [5, 5.41) is 0. The zero-order valence-electron chi connectivity index (χ0n) is 8.13. The molecule has 3 nitrogen and oxygen atoms in total. The fourth-order valence-corrected chi connectivity index (χ4v) is 1.43. The number of hydrogen-bond donors (Lipinski definition) is 0. The lowest BCUT2D eigenvalue weighted by atomic mass is 10.4. The van der Waals surface area contributed by atoms with Gasteiger partial charge in [-0.2, -0.15) is 13.2 Å². The molecule has 0 N–H and O–H groups in total. The molecule has 0 aliphatic rings. The van der Waals surface area contributed by atoms with E-state index in [0.717, 1.165) is 4.40 Å². The van der Waals surface area contributed by atoms with Crippen molar-refractivity contribution in [3.63, 3.8) is 0 Å². The number of halogens is 3. The highest BCUT2D eigenvalue weighted by molar-refractivity contribution is 5.51. The summed E-state index contributed by atoms with van der Waals surface area (Å²) in [6.45, 7) is 3.16. The first-order valence-electron chi connectivity index (χ1n) is 4.28. The molecule has 0 aliphatic carbocycles. The van der Waals surface area contributed by atoms with Crippen LogP contribution in [0.3, 0.4) is 0 Å². The molecule has 0 unspecified atom stereocenters. The second kappa shape index (κ2) is 2.95. The third-order valence-electron chi connectivity index (χ3n) is 2.09. The van der Waals surface area contributed by atoms with Crippen LogP contribution in [-0.4, -0.2) is 14.4 Å². The van der Waals surface area contributed by atoms with Crippen LogP contribution in [0.5, 0.6) is 0 Å². The van der Waals surface area contributed by atoms with E-state index in [9.17, 15) is 13.2 Å². The van der Waals surface area contributed by atoms with E-state index in [1.807, 2.05) is 0 Å². The second-order valence-electron chi connectivity index (χ2n) is 3.30. The van der Waals surface area contributed by atoms with E-state index in [0.29, 0.717) is 16.9 Å². The summed E-state index contributed by atoms with van der Waals surface area (Å²) in [6.07, 6.45) is -1.71. The van der Waals surface area contributed by atoms with Gasteiger partial charge in [-0.1, -0.05) is 0 Å². The minimum absolute atomic E-state index is 0.329. The SMILES string of the molecule is Cc1cn2c(C(F)(F)F)nc(C)c2cn1. The Bertz CT molecular complexity index is 513. The normalized spacial score (nSPS) is 12.3. The minimum atomic E-state index is -4.44. The Balaban J connectivity index is 2.81. The van der Waals surface area contributed by atoms with Gasteiger partial charge in [0.15, 0.2) is 0 Å². The van der Waals surface area contributed by atoms with Gasteiger partial charge in [-0.3, -0.25) is 9.38 Å². The van der Waals surface area contributed by atoms with Crippen LogP contribution in [0.4, 0.5) is 13.2 Å². The van der Waals surface area contributed by atoms with Gasteiger partial charge in [0.2, 0.25) is 5.82 Å². The third kappa shape index (κ3) is 1.55. The maximum absolute atomic E-state index is 12.6. The maximum atomic E-state index is 12.6. The monoisotopic (exact) mass is 215 g/mol. The van der Waals surface area contributed by atoms with Gasteiger partial charge in [-0.15, -0.1) is 0 Å². The predicted octanol–water partition coefficient (Wildman–Crippen LogP) is 2.36. The first kappa shape index (κ1) is 9.95. The summed E-state index contributed by atoms with van der Waals surface area (Å²) in [4.78, 5) is 7.44. The largest absolute Gasteiger partial charge is 0.450 e. The van der Waals surface area contributed by atoms with Crippen LogP contribution < -0.4 is 0 Å². The molecule has 0 bridgehead atoms. The molecule has 0 saturated heterocycles. The van der Waals surface area contributed by atoms with Crippen LogP contribution in [-0.2, 0) is 6.18 Å². The molecular formula is C9H8F3N3. The van der Waals surface area contributed by atoms with E-state index in [4.69, 9.17) is 0 Å². The van der Waals surface area contributed by atoms with Gasteiger partial charge in [0, 0.05) is 6.20 Å². The Labute approximate surface area is 83.6 Å². The Morgan fingerprint density at radius 1 is 1.27 bits per heavy atom. The molecule has 0 saturated carbocycles. The lowest BCUT2D eigenvalue weighted by Gasteiger charge is -2.04. The number of fused-ring (bicyclic) bond motifs is 1. The van der Waals surface area contributed by atoms with Crippen LogP contribution in [0.1, 0.15) is 17.2 Å². The van der Waals surface area contributed by atoms with Crippen molar-refractivity contribution in [1.29, 1.82) is 0 Å². The molecule has 15 heavy (non-hydrogen) atoms. The Morgan fingerprint density at radius 2 is 1.93 bits per heavy atom. The van der Waals surface area contributed by atoms with E-state index in [1.165, 1.54) is 19.3 Å². The molecule has 2 aromatic rings. The highest BCUT2D eigenvalue weighted by Gasteiger charge is 2.36. The molecule has 0 spiro atoms. The number of hydrogen-bond acceptors (Lipinski definition) is 2. The summed E-state index contributed by atoms with van der Waals surface area (Å²) < 4.78 is 38.7. The van der Waals surface area contributed by atoms with E-state index < -0.39 is 12.0 Å². The number of rotatable bonds is 0. The fraction of sp³-hybridized carbons (Fsp3) is 0.333. The Hall–Kier alpha value is -1.59. The third-order valence-corrected chi connectivity index (χ3v) is 2.09. The van der Waals surface area contributed by atoms with Crippen LogP contribution in [0.15, 0.2) is 12.4 Å². The number of alkyl halides is 3. The second-order valence-corrected chi connectivity index (χ2v) is 3.30. The summed E-state index contributed by atoms with van der Waals surface area (Å²) in [7, 11) is 0. The Morgan fingerprint density at radius 3 is 2.53 bits per heavy atom. The standard InChI is InChI=1S/C9H8F3N3/c1-5-4-15-7(3-13-5)6(2)14-8(15)9(10,11)12/h3-4H,1-2H3. The van der Waals surface area contributed by atoms with Gasteiger partial charge >= 0.3 is 6.18 Å². The van der Waals surface area contributed by atoms with Crippen LogP contribution >= 0.6 is 0 Å². The van der Waals surface area contributed by atoms with Crippen LogP contribution in [0.25, 0.3) is 5.52 Å². The number of nitrogens with zero attached hydrogens (tertiary/aromatic N) is 3. The lowest BCUT2D eigenvalue weighted by Crippen LogP contribution is -2.11. The maximum Gasteiger partial charge on any atom is 0.450 e. The quantitative estimate of drug-likeness (QED) is 0.675. The fourth-order valence-electron chi connectivity index (χ4n) is 1.43. The van der Waals surface area contributed by atoms with Gasteiger partial charge < -0.3 is 0 Å². The number of aromatic nitrogens is 3. The van der Waals surface area contributed by atoms with Crippen molar-refractivity contribution in [2.24, 2.45) is 0 Å². The van der Waals surface area contributed by atoms with Crippen molar-refractivity contribution in [3.05, 3.63) is 29.6 Å². The molecule has 0 atom stereocenters.